The summed E-state index contributed by atoms with van der Waals surface area (Å²) in [6.07, 6.45) is 2.96. The number of carbonyl (C=O) groups is 2. The summed E-state index contributed by atoms with van der Waals surface area (Å²) in [7, 11) is 1.29. The Kier molecular flexibility index (Phi) is 7.59. The predicted molar refractivity (Wildman–Crippen MR) is 167 cm³/mol. The van der Waals surface area contributed by atoms with Crippen molar-refractivity contribution >= 4 is 46.5 Å². The first-order valence-corrected chi connectivity index (χ1v) is 15.6. The first-order chi connectivity index (χ1) is 21.2. The van der Waals surface area contributed by atoms with E-state index in [2.05, 4.69) is 16.7 Å². The Morgan fingerprint density at radius 2 is 1.73 bits per heavy atom. The molecule has 3 saturated heterocycles. The summed E-state index contributed by atoms with van der Waals surface area (Å²) in [6, 6.07) is 12.6. The van der Waals surface area contributed by atoms with E-state index in [1.54, 1.807) is 30.3 Å². The van der Waals surface area contributed by atoms with Gasteiger partial charge in [0.25, 0.3) is 5.91 Å². The minimum absolute atomic E-state index is 0.0667. The Morgan fingerprint density at radius 3 is 2.36 bits per heavy atom. The summed E-state index contributed by atoms with van der Waals surface area (Å²) in [4.78, 5) is 32.3. The third-order valence-electron chi connectivity index (χ3n) is 9.30. The van der Waals surface area contributed by atoms with Crippen molar-refractivity contribution in [3.05, 3.63) is 75.0 Å². The first kappa shape index (κ1) is 29.2. The van der Waals surface area contributed by atoms with E-state index in [0.717, 1.165) is 31.5 Å². The molecule has 1 amide bonds. The summed E-state index contributed by atoms with van der Waals surface area (Å²) >= 11 is 13.2. The maximum Gasteiger partial charge on any atom is 0.340 e. The Balaban J connectivity index is 1.21. The van der Waals surface area contributed by atoms with Crippen LogP contribution in [0, 0.1) is 5.82 Å². The van der Waals surface area contributed by atoms with E-state index in [1.807, 2.05) is 6.07 Å². The molecule has 44 heavy (non-hydrogen) atoms. The highest BCUT2D eigenvalue weighted by Gasteiger charge is 2.40. The van der Waals surface area contributed by atoms with E-state index in [9.17, 15) is 9.59 Å². The lowest BCUT2D eigenvalue weighted by Crippen LogP contribution is -2.46. The monoisotopic (exact) mass is 639 g/mol. The lowest BCUT2D eigenvalue weighted by Gasteiger charge is -2.41. The molecule has 0 aromatic heterocycles. The van der Waals surface area contributed by atoms with Gasteiger partial charge in [-0.1, -0.05) is 41.4 Å². The second-order valence-corrected chi connectivity index (χ2v) is 12.7. The Hall–Kier alpha value is -3.53. The number of hydrogen-bond donors (Lipinski definition) is 0. The highest BCUT2D eigenvalue weighted by Crippen LogP contribution is 2.44. The van der Waals surface area contributed by atoms with Crippen LogP contribution in [0.5, 0.6) is 5.75 Å². The number of ether oxygens (including phenoxy) is 3. The molecule has 4 aliphatic rings. The van der Waals surface area contributed by atoms with Crippen molar-refractivity contribution in [2.75, 3.05) is 43.4 Å². The van der Waals surface area contributed by atoms with Crippen LogP contribution in [0.25, 0.3) is 11.1 Å². The number of methoxy groups -OCH3 is 1. The molecule has 0 aliphatic carbocycles. The normalized spacial score (nSPS) is 22.3. The van der Waals surface area contributed by atoms with Gasteiger partial charge in [0, 0.05) is 35.0 Å². The minimum atomic E-state index is -0.596. The van der Waals surface area contributed by atoms with Crippen molar-refractivity contribution in [2.45, 2.75) is 50.9 Å². The predicted octanol–water partition coefficient (Wildman–Crippen LogP) is 6.54. The van der Waals surface area contributed by atoms with Crippen LogP contribution < -0.4 is 14.5 Å². The zero-order valence-electron chi connectivity index (χ0n) is 24.4. The van der Waals surface area contributed by atoms with Crippen molar-refractivity contribution in [2.24, 2.45) is 0 Å². The average Bonchev–Trinajstić information content (AvgIpc) is 3.25. The van der Waals surface area contributed by atoms with Gasteiger partial charge in [-0.3, -0.25) is 4.79 Å². The van der Waals surface area contributed by atoms with Gasteiger partial charge in [-0.25, -0.2) is 9.18 Å². The van der Waals surface area contributed by atoms with E-state index in [1.165, 1.54) is 18.1 Å². The van der Waals surface area contributed by atoms with Gasteiger partial charge < -0.3 is 28.9 Å². The molecule has 4 heterocycles. The quantitative estimate of drug-likeness (QED) is 0.293. The van der Waals surface area contributed by atoms with Gasteiger partial charge in [0.05, 0.1) is 65.8 Å². The van der Waals surface area contributed by atoms with Crippen molar-refractivity contribution in [1.82, 2.24) is 4.90 Å². The van der Waals surface area contributed by atoms with Crippen LogP contribution in [0.15, 0.2) is 42.5 Å². The van der Waals surface area contributed by atoms with Crippen molar-refractivity contribution in [3.8, 4) is 16.9 Å². The third-order valence-corrected chi connectivity index (χ3v) is 9.90. The average molecular weight is 641 g/mol. The molecule has 11 heteroatoms. The number of esters is 1. The lowest BCUT2D eigenvalue weighted by atomic mass is 9.96. The molecule has 0 N–H and O–H groups in total. The van der Waals surface area contributed by atoms with Gasteiger partial charge in [0.2, 0.25) is 0 Å². The fourth-order valence-electron chi connectivity index (χ4n) is 6.88. The van der Waals surface area contributed by atoms with Gasteiger partial charge >= 0.3 is 5.97 Å². The van der Waals surface area contributed by atoms with Crippen LogP contribution in [0.3, 0.4) is 0 Å². The molecule has 3 aromatic rings. The number of hydrogen-bond acceptors (Lipinski definition) is 7. The number of carbonyl (C=O) groups excluding carboxylic acids is 2. The van der Waals surface area contributed by atoms with Gasteiger partial charge in [0.1, 0.15) is 11.6 Å². The highest BCUT2D eigenvalue weighted by molar-refractivity contribution is 6.40. The van der Waals surface area contributed by atoms with Crippen LogP contribution in [0.4, 0.5) is 15.8 Å². The summed E-state index contributed by atoms with van der Waals surface area (Å²) in [5, 5.41) is 0.571. The number of para-hydroxylation sites is 1. The van der Waals surface area contributed by atoms with Crippen molar-refractivity contribution in [1.29, 1.82) is 0 Å². The number of amides is 1. The van der Waals surface area contributed by atoms with Crippen LogP contribution in [-0.2, 0) is 16.0 Å². The molecule has 2 unspecified atom stereocenters. The molecule has 2 bridgehead atoms. The molecule has 4 aliphatic heterocycles. The van der Waals surface area contributed by atoms with Gasteiger partial charge in [-0.15, -0.1) is 0 Å². The summed E-state index contributed by atoms with van der Waals surface area (Å²) in [6.45, 7) is 4.30. The van der Waals surface area contributed by atoms with Gasteiger partial charge in [-0.05, 0) is 50.5 Å². The topological polar surface area (TPSA) is 71.6 Å². The fourth-order valence-corrected chi connectivity index (χ4v) is 7.52. The van der Waals surface area contributed by atoms with Crippen molar-refractivity contribution < 1.29 is 28.2 Å². The molecule has 230 valence electrons. The second-order valence-electron chi connectivity index (χ2n) is 11.9. The van der Waals surface area contributed by atoms with E-state index < -0.39 is 11.8 Å². The Bertz CT molecular complexity index is 1630. The number of benzene rings is 3. The van der Waals surface area contributed by atoms with E-state index in [4.69, 9.17) is 37.4 Å². The lowest BCUT2D eigenvalue weighted by molar-refractivity contribution is 0.0515. The van der Waals surface area contributed by atoms with Gasteiger partial charge in [0.15, 0.2) is 6.73 Å². The standard InChI is InChI=1S/C33H32Cl2FN3O5/c1-18-8-9-38(18)22-10-26(34)30(27(35)11-22)32(40)37-14-19-4-3-5-23(31(19)44-17-37)24-13-29(25(12-28(24)36)33(41)42-2)39-20-6-7-21(39)16-43-15-20/h3-5,10-13,18,20-21H,6-9,14-17H2,1-2H3/t18-,20?,21?/m1/s1. The smallest absolute Gasteiger partial charge is 0.340 e. The SMILES string of the molecule is COC(=O)c1cc(F)c(-c2cccc3c2OCN(C(=O)c2c(Cl)cc(N4CC[C@H]4C)cc2Cl)C3)cc1N1C2CCC1COC2. The number of rotatable bonds is 5. The minimum Gasteiger partial charge on any atom is -0.472 e. The van der Waals surface area contributed by atoms with Crippen LogP contribution in [0.1, 0.15) is 52.5 Å². The summed E-state index contributed by atoms with van der Waals surface area (Å²) < 4.78 is 32.7. The maximum atomic E-state index is 15.8. The molecule has 0 radical (unpaired) electrons. The molecule has 0 saturated carbocycles. The van der Waals surface area contributed by atoms with Crippen LogP contribution >= 0.6 is 23.2 Å². The van der Waals surface area contributed by atoms with E-state index >= 15 is 4.39 Å². The van der Waals surface area contributed by atoms with Crippen LogP contribution in [0.2, 0.25) is 10.0 Å². The molecule has 3 fully saturated rings. The molecular formula is C33H32Cl2FN3O5. The number of morpholine rings is 1. The number of halogens is 3. The van der Waals surface area contributed by atoms with E-state index in [-0.39, 0.29) is 52.4 Å². The zero-order valence-corrected chi connectivity index (χ0v) is 26.0. The molecule has 3 aromatic carbocycles. The Labute approximate surface area is 265 Å². The molecule has 7 rings (SSSR count). The maximum absolute atomic E-state index is 15.8. The zero-order chi connectivity index (χ0) is 30.7. The molecule has 3 atom stereocenters. The first-order valence-electron chi connectivity index (χ1n) is 14.8. The summed E-state index contributed by atoms with van der Waals surface area (Å²) in [5.41, 5.74) is 3.47. The largest absolute Gasteiger partial charge is 0.472 e. The number of nitrogens with zero attached hydrogens (tertiary/aromatic N) is 3. The van der Waals surface area contributed by atoms with E-state index in [0.29, 0.717) is 47.4 Å². The van der Waals surface area contributed by atoms with Gasteiger partial charge in [-0.2, -0.15) is 0 Å². The van der Waals surface area contributed by atoms with Crippen LogP contribution in [-0.4, -0.2) is 68.5 Å². The second kappa shape index (κ2) is 11.4. The highest BCUT2D eigenvalue weighted by atomic mass is 35.5. The molecular weight excluding hydrogens is 608 g/mol. The fraction of sp³-hybridized carbons (Fsp3) is 0.394. The molecule has 8 nitrogen and oxygen atoms in total. The molecule has 0 spiro atoms. The third kappa shape index (κ3) is 4.86. The number of anilines is 2. The number of fused-ring (bicyclic) bond motifs is 3. The van der Waals surface area contributed by atoms with Crippen molar-refractivity contribution in [3.63, 3.8) is 0 Å². The summed E-state index contributed by atoms with van der Waals surface area (Å²) in [5.74, 6) is -1.03. The Morgan fingerprint density at radius 1 is 1.00 bits per heavy atom.